The standard InChI is InChI=1S/C34H57NO5/c1-21(2)22(3)30(4)14-15-32(6)23-10-11-26-31(5)19-39-20-34(26,18-25(38-9)28(31)40-17-16-35-8)24(23)12-13-33(32,7)27(30)29(36)37/h12,21-23,25-28,35H,10-11,13-20H2,1-9H3,(H,36,37)/t22-,23+,25-,26+,27-,28?,30-,31+,32-,33+,34?/m1/s1. The third-order valence-corrected chi connectivity index (χ3v) is 14.0. The number of carbonyl (C=O) groups is 1. The zero-order valence-corrected chi connectivity index (χ0v) is 26.8. The number of hydrogen-bond donors (Lipinski definition) is 2. The van der Waals surface area contributed by atoms with E-state index in [0.29, 0.717) is 36.9 Å². The largest absolute Gasteiger partial charge is 0.481 e. The van der Waals surface area contributed by atoms with Gasteiger partial charge >= 0.3 is 5.97 Å². The summed E-state index contributed by atoms with van der Waals surface area (Å²) in [6.45, 7) is 19.2. The number of fused-ring (bicyclic) bond motifs is 3. The highest BCUT2D eigenvalue weighted by atomic mass is 16.5. The number of ether oxygens (including phenoxy) is 3. The lowest BCUT2D eigenvalue weighted by atomic mass is 9.34. The molecule has 2 unspecified atom stereocenters. The SMILES string of the molecule is CNCCOC1[C@H](OC)CC23COC[C@@]1(C)[C@@H]2CC[C@H]1C3=CC[C@@]2(C)[C@H](C(=O)O)[C@@](C)([C@H](C)C(C)C)CC[C@]12C. The van der Waals surface area contributed by atoms with Gasteiger partial charge in [-0.3, -0.25) is 4.79 Å². The van der Waals surface area contributed by atoms with Gasteiger partial charge in [-0.2, -0.15) is 0 Å². The van der Waals surface area contributed by atoms with Crippen LogP contribution in [0.4, 0.5) is 0 Å². The molecule has 0 amide bonds. The van der Waals surface area contributed by atoms with Gasteiger partial charge in [0.2, 0.25) is 0 Å². The monoisotopic (exact) mass is 559 g/mol. The lowest BCUT2D eigenvalue weighted by Crippen LogP contribution is -2.70. The fraction of sp³-hybridized carbons (Fsp3) is 0.912. The number of methoxy groups -OCH3 is 1. The van der Waals surface area contributed by atoms with Gasteiger partial charge in [0.25, 0.3) is 0 Å². The molecule has 0 radical (unpaired) electrons. The molecule has 0 spiro atoms. The summed E-state index contributed by atoms with van der Waals surface area (Å²) in [7, 11) is 3.81. The Morgan fingerprint density at radius 3 is 2.48 bits per heavy atom. The first-order chi connectivity index (χ1) is 18.8. The van der Waals surface area contributed by atoms with Crippen LogP contribution in [0.3, 0.4) is 0 Å². The molecule has 6 nitrogen and oxygen atoms in total. The number of allylic oxidation sites excluding steroid dienone is 1. The molecule has 1 heterocycles. The molecule has 228 valence electrons. The average molecular weight is 560 g/mol. The van der Waals surface area contributed by atoms with Crippen molar-refractivity contribution in [2.75, 3.05) is 40.5 Å². The topological polar surface area (TPSA) is 77.0 Å². The summed E-state index contributed by atoms with van der Waals surface area (Å²) < 4.78 is 19.3. The highest BCUT2D eigenvalue weighted by molar-refractivity contribution is 5.73. The maximum Gasteiger partial charge on any atom is 0.307 e. The maximum atomic E-state index is 13.3. The molecule has 4 aliphatic carbocycles. The third-order valence-electron chi connectivity index (χ3n) is 14.0. The van der Waals surface area contributed by atoms with Gasteiger partial charge in [-0.25, -0.2) is 0 Å². The molecule has 2 N–H and O–H groups in total. The Bertz CT molecular complexity index is 1010. The highest BCUT2D eigenvalue weighted by Crippen LogP contribution is 2.75. The van der Waals surface area contributed by atoms with E-state index in [1.807, 2.05) is 14.2 Å². The number of rotatable bonds is 8. The Morgan fingerprint density at radius 2 is 1.85 bits per heavy atom. The second-order valence-electron chi connectivity index (χ2n) is 15.7. The van der Waals surface area contributed by atoms with Crippen molar-refractivity contribution < 1.29 is 24.1 Å². The Labute approximate surface area is 243 Å². The van der Waals surface area contributed by atoms with Crippen LogP contribution in [0, 0.1) is 56.7 Å². The Hall–Kier alpha value is -0.950. The van der Waals surface area contributed by atoms with Crippen LogP contribution in [0.2, 0.25) is 0 Å². The van der Waals surface area contributed by atoms with E-state index in [9.17, 15) is 9.90 Å². The molecule has 4 fully saturated rings. The van der Waals surface area contributed by atoms with E-state index in [1.165, 1.54) is 0 Å². The number of likely N-dealkylation sites (N-methyl/N-ethyl adjacent to an activating group) is 1. The van der Waals surface area contributed by atoms with Gasteiger partial charge in [0.05, 0.1) is 37.9 Å². The Morgan fingerprint density at radius 1 is 1.12 bits per heavy atom. The van der Waals surface area contributed by atoms with E-state index >= 15 is 0 Å². The van der Waals surface area contributed by atoms with E-state index in [1.54, 1.807) is 5.57 Å². The van der Waals surface area contributed by atoms with Gasteiger partial charge in [-0.05, 0) is 85.5 Å². The number of nitrogens with one attached hydrogen (secondary N) is 1. The van der Waals surface area contributed by atoms with Crippen LogP contribution < -0.4 is 5.32 Å². The van der Waals surface area contributed by atoms with Gasteiger partial charge in [0.1, 0.15) is 0 Å². The van der Waals surface area contributed by atoms with Crippen molar-refractivity contribution in [1.29, 1.82) is 0 Å². The maximum absolute atomic E-state index is 13.3. The molecule has 0 aromatic heterocycles. The molecular weight excluding hydrogens is 502 g/mol. The molecule has 11 atom stereocenters. The van der Waals surface area contributed by atoms with Gasteiger partial charge in [-0.15, -0.1) is 0 Å². The molecule has 3 saturated carbocycles. The van der Waals surface area contributed by atoms with Crippen LogP contribution in [-0.4, -0.2) is 63.8 Å². The van der Waals surface area contributed by atoms with Crippen LogP contribution >= 0.6 is 0 Å². The number of hydrogen-bond acceptors (Lipinski definition) is 5. The molecule has 1 aliphatic heterocycles. The van der Waals surface area contributed by atoms with Crippen LogP contribution in [0.15, 0.2) is 11.6 Å². The lowest BCUT2D eigenvalue weighted by molar-refractivity contribution is -0.266. The highest BCUT2D eigenvalue weighted by Gasteiger charge is 2.71. The Balaban J connectivity index is 1.57. The molecule has 0 aromatic rings. The summed E-state index contributed by atoms with van der Waals surface area (Å²) in [5.74, 6) is 0.716. The van der Waals surface area contributed by atoms with Gasteiger partial charge in [0.15, 0.2) is 0 Å². The number of aliphatic carboxylic acids is 1. The van der Waals surface area contributed by atoms with Gasteiger partial charge in [-0.1, -0.05) is 60.1 Å². The van der Waals surface area contributed by atoms with Crippen molar-refractivity contribution in [3.8, 4) is 0 Å². The zero-order chi connectivity index (χ0) is 29.3. The molecule has 2 bridgehead atoms. The Kier molecular flexibility index (Phi) is 7.89. The summed E-state index contributed by atoms with van der Waals surface area (Å²) in [6.07, 6.45) is 8.65. The minimum absolute atomic E-state index is 0.00942. The summed E-state index contributed by atoms with van der Waals surface area (Å²) in [4.78, 5) is 13.3. The lowest BCUT2D eigenvalue weighted by Gasteiger charge is -2.71. The molecule has 40 heavy (non-hydrogen) atoms. The van der Waals surface area contributed by atoms with E-state index in [-0.39, 0.29) is 45.2 Å². The minimum atomic E-state index is -0.598. The van der Waals surface area contributed by atoms with Gasteiger partial charge < -0.3 is 24.6 Å². The van der Waals surface area contributed by atoms with Crippen LogP contribution in [0.5, 0.6) is 0 Å². The quantitative estimate of drug-likeness (QED) is 0.273. The summed E-state index contributed by atoms with van der Waals surface area (Å²) >= 11 is 0. The number of carboxylic acids is 1. The second-order valence-corrected chi connectivity index (χ2v) is 15.7. The molecule has 5 aliphatic rings. The van der Waals surface area contributed by atoms with Crippen molar-refractivity contribution >= 4 is 5.97 Å². The van der Waals surface area contributed by atoms with Gasteiger partial charge in [0, 0.05) is 24.5 Å². The average Bonchev–Trinajstić information content (AvgIpc) is 2.89. The summed E-state index contributed by atoms with van der Waals surface area (Å²) in [6, 6.07) is 0. The first kappa shape index (κ1) is 30.5. The minimum Gasteiger partial charge on any atom is -0.481 e. The van der Waals surface area contributed by atoms with E-state index in [2.05, 4.69) is 59.9 Å². The molecule has 1 saturated heterocycles. The van der Waals surface area contributed by atoms with Crippen LogP contribution in [-0.2, 0) is 19.0 Å². The van der Waals surface area contributed by atoms with E-state index < -0.39 is 5.97 Å². The predicted molar refractivity (Wildman–Crippen MR) is 158 cm³/mol. The smallest absolute Gasteiger partial charge is 0.307 e. The summed E-state index contributed by atoms with van der Waals surface area (Å²) in [5, 5.41) is 14.1. The first-order valence-electron chi connectivity index (χ1n) is 16.1. The fourth-order valence-corrected chi connectivity index (χ4v) is 11.4. The normalized spacial score (nSPS) is 49.0. The van der Waals surface area contributed by atoms with Crippen molar-refractivity contribution in [3.63, 3.8) is 0 Å². The van der Waals surface area contributed by atoms with Crippen molar-refractivity contribution in [3.05, 3.63) is 11.6 Å². The van der Waals surface area contributed by atoms with Crippen molar-refractivity contribution in [1.82, 2.24) is 5.32 Å². The number of carboxylic acid groups (broad SMARTS) is 1. The summed E-state index contributed by atoms with van der Waals surface area (Å²) in [5.41, 5.74) is 0.821. The predicted octanol–water partition coefficient (Wildman–Crippen LogP) is 6.19. The van der Waals surface area contributed by atoms with Crippen molar-refractivity contribution in [2.45, 2.75) is 99.2 Å². The van der Waals surface area contributed by atoms with Crippen LogP contribution in [0.1, 0.15) is 87.0 Å². The van der Waals surface area contributed by atoms with Crippen molar-refractivity contribution in [2.24, 2.45) is 56.7 Å². The van der Waals surface area contributed by atoms with E-state index in [4.69, 9.17) is 14.2 Å². The first-order valence-corrected chi connectivity index (χ1v) is 16.1. The third kappa shape index (κ3) is 3.98. The molecular formula is C34H57NO5. The zero-order valence-electron chi connectivity index (χ0n) is 26.8. The molecule has 0 aromatic carbocycles. The fourth-order valence-electron chi connectivity index (χ4n) is 11.4. The van der Waals surface area contributed by atoms with Crippen LogP contribution in [0.25, 0.3) is 0 Å². The second kappa shape index (κ2) is 10.3. The molecule has 5 rings (SSSR count). The molecule has 6 heteroatoms. The van der Waals surface area contributed by atoms with E-state index in [0.717, 1.165) is 51.7 Å².